The van der Waals surface area contributed by atoms with Gasteiger partial charge in [0.05, 0.1) is 12.8 Å². The van der Waals surface area contributed by atoms with E-state index in [1.165, 1.54) is 0 Å². The number of hydrogen-bond donors (Lipinski definition) is 0. The molecule has 0 saturated carbocycles. The smallest absolute Gasteiger partial charge is 0.289 e. The molecule has 24 heavy (non-hydrogen) atoms. The van der Waals surface area contributed by atoms with Gasteiger partial charge in [0.1, 0.15) is 12.7 Å². The topological polar surface area (TPSA) is 67.4 Å². The summed E-state index contributed by atoms with van der Waals surface area (Å²) in [7, 11) is 2.19. The molecule has 2 aliphatic heterocycles. The molecule has 2 aromatic heterocycles. The Labute approximate surface area is 141 Å². The first-order valence-corrected chi connectivity index (χ1v) is 8.51. The molecule has 7 heteroatoms. The number of nitrogens with zero attached hydrogens (tertiary/aromatic N) is 5. The van der Waals surface area contributed by atoms with E-state index in [1.54, 1.807) is 18.9 Å². The molecule has 3 atom stereocenters. The summed E-state index contributed by atoms with van der Waals surface area (Å²) in [6, 6.07) is 2.83. The monoisotopic (exact) mass is 329 g/mol. The van der Waals surface area contributed by atoms with Gasteiger partial charge in [-0.1, -0.05) is 0 Å². The molecule has 0 radical (unpaired) electrons. The summed E-state index contributed by atoms with van der Waals surface area (Å²) in [4.78, 5) is 21.1. The summed E-state index contributed by atoms with van der Waals surface area (Å²) >= 11 is 0. The van der Waals surface area contributed by atoms with Gasteiger partial charge in [-0.3, -0.25) is 14.4 Å². The Morgan fingerprint density at radius 3 is 3.04 bits per heavy atom. The molecule has 2 saturated heterocycles. The van der Waals surface area contributed by atoms with Crippen LogP contribution in [0.5, 0.6) is 0 Å². The van der Waals surface area contributed by atoms with Gasteiger partial charge in [0.15, 0.2) is 5.76 Å². The standard InChI is InChI=1S/C17H23N5O2/c1-12-4-6-24-16(12)17(23)21-5-3-15-13(8-21)7-14(20(15)2)9-22-11-18-10-19-22/h4,6,10-11,13-15H,3,5,7-9H2,1-2H3/t13-,14+,15+/m1/s1. The maximum Gasteiger partial charge on any atom is 0.289 e. The molecule has 0 spiro atoms. The number of piperidine rings is 1. The van der Waals surface area contributed by atoms with Crippen molar-refractivity contribution in [2.45, 2.75) is 38.4 Å². The highest BCUT2D eigenvalue weighted by molar-refractivity contribution is 5.92. The van der Waals surface area contributed by atoms with E-state index in [2.05, 4.69) is 22.0 Å². The van der Waals surface area contributed by atoms with Gasteiger partial charge in [-0.25, -0.2) is 4.98 Å². The molecule has 0 bridgehead atoms. The Morgan fingerprint density at radius 1 is 1.46 bits per heavy atom. The minimum absolute atomic E-state index is 0.0262. The predicted octanol–water partition coefficient (Wildman–Crippen LogP) is 1.41. The number of rotatable bonds is 3. The van der Waals surface area contributed by atoms with Crippen LogP contribution in [0.15, 0.2) is 29.4 Å². The Bertz CT molecular complexity index is 710. The lowest BCUT2D eigenvalue weighted by molar-refractivity contribution is 0.0576. The van der Waals surface area contributed by atoms with E-state index in [1.807, 2.05) is 22.6 Å². The molecule has 2 aliphatic rings. The van der Waals surface area contributed by atoms with Crippen molar-refractivity contribution in [3.05, 3.63) is 36.3 Å². The largest absolute Gasteiger partial charge is 0.459 e. The van der Waals surface area contributed by atoms with Crippen molar-refractivity contribution in [1.29, 1.82) is 0 Å². The molecular weight excluding hydrogens is 306 g/mol. The second-order valence-electron chi connectivity index (χ2n) is 6.97. The third-order valence-corrected chi connectivity index (χ3v) is 5.58. The van der Waals surface area contributed by atoms with Crippen LogP contribution in [0.2, 0.25) is 0 Å². The minimum Gasteiger partial charge on any atom is -0.459 e. The third kappa shape index (κ3) is 2.62. The number of aryl methyl sites for hydroxylation is 1. The maximum absolute atomic E-state index is 12.7. The van der Waals surface area contributed by atoms with Crippen LogP contribution in [0.1, 0.15) is 29.0 Å². The van der Waals surface area contributed by atoms with Crippen molar-refractivity contribution in [2.24, 2.45) is 5.92 Å². The third-order valence-electron chi connectivity index (χ3n) is 5.58. The van der Waals surface area contributed by atoms with Gasteiger partial charge >= 0.3 is 0 Å². The second-order valence-corrected chi connectivity index (χ2v) is 6.97. The minimum atomic E-state index is 0.0262. The van der Waals surface area contributed by atoms with Crippen LogP contribution in [0, 0.1) is 12.8 Å². The number of furan rings is 1. The van der Waals surface area contributed by atoms with E-state index < -0.39 is 0 Å². The summed E-state index contributed by atoms with van der Waals surface area (Å²) < 4.78 is 7.28. The summed E-state index contributed by atoms with van der Waals surface area (Å²) in [5.41, 5.74) is 0.912. The number of hydrogen-bond acceptors (Lipinski definition) is 5. The predicted molar refractivity (Wildman–Crippen MR) is 87.4 cm³/mol. The molecule has 0 unspecified atom stereocenters. The number of amides is 1. The van der Waals surface area contributed by atoms with Crippen molar-refractivity contribution in [3.8, 4) is 0 Å². The lowest BCUT2D eigenvalue weighted by Gasteiger charge is -2.37. The van der Waals surface area contributed by atoms with Crippen LogP contribution in [-0.2, 0) is 6.54 Å². The van der Waals surface area contributed by atoms with Crippen molar-refractivity contribution in [2.75, 3.05) is 20.1 Å². The molecule has 2 aromatic rings. The Kier molecular flexibility index (Phi) is 3.88. The van der Waals surface area contributed by atoms with Gasteiger partial charge in [0.25, 0.3) is 5.91 Å². The molecule has 2 fully saturated rings. The fourth-order valence-corrected chi connectivity index (χ4v) is 4.24. The van der Waals surface area contributed by atoms with Gasteiger partial charge in [-0.2, -0.15) is 5.10 Å². The molecule has 4 rings (SSSR count). The van der Waals surface area contributed by atoms with Crippen LogP contribution in [-0.4, -0.2) is 62.7 Å². The molecular formula is C17H23N5O2. The molecule has 0 aliphatic carbocycles. The molecule has 1 amide bonds. The van der Waals surface area contributed by atoms with E-state index in [-0.39, 0.29) is 5.91 Å². The van der Waals surface area contributed by atoms with Crippen LogP contribution in [0.4, 0.5) is 0 Å². The number of aromatic nitrogens is 3. The van der Waals surface area contributed by atoms with E-state index in [9.17, 15) is 4.79 Å². The molecule has 0 N–H and O–H groups in total. The number of fused-ring (bicyclic) bond motifs is 1. The van der Waals surface area contributed by atoms with Crippen LogP contribution >= 0.6 is 0 Å². The first kappa shape index (κ1) is 15.4. The number of likely N-dealkylation sites (N-methyl/N-ethyl adjacent to an activating group) is 1. The second kappa shape index (κ2) is 6.05. The number of carbonyl (C=O) groups excluding carboxylic acids is 1. The van der Waals surface area contributed by atoms with Crippen LogP contribution in [0.3, 0.4) is 0 Å². The average Bonchev–Trinajstić information content (AvgIpc) is 3.29. The zero-order valence-electron chi connectivity index (χ0n) is 14.1. The van der Waals surface area contributed by atoms with Gasteiger partial charge in [-0.05, 0) is 38.8 Å². The first-order chi connectivity index (χ1) is 11.6. The van der Waals surface area contributed by atoms with Crippen LogP contribution in [0.25, 0.3) is 0 Å². The van der Waals surface area contributed by atoms with E-state index >= 15 is 0 Å². The fraction of sp³-hybridized carbons (Fsp3) is 0.588. The highest BCUT2D eigenvalue weighted by Gasteiger charge is 2.43. The zero-order chi connectivity index (χ0) is 16.7. The summed E-state index contributed by atoms with van der Waals surface area (Å²) in [5, 5.41) is 4.22. The molecule has 4 heterocycles. The highest BCUT2D eigenvalue weighted by atomic mass is 16.3. The van der Waals surface area contributed by atoms with Gasteiger partial charge < -0.3 is 9.32 Å². The van der Waals surface area contributed by atoms with E-state index in [0.717, 1.165) is 38.0 Å². The van der Waals surface area contributed by atoms with E-state index in [0.29, 0.717) is 23.8 Å². The summed E-state index contributed by atoms with van der Waals surface area (Å²) in [5.74, 6) is 1.02. The molecule has 7 nitrogen and oxygen atoms in total. The summed E-state index contributed by atoms with van der Waals surface area (Å²) in [6.45, 7) is 4.37. The van der Waals surface area contributed by atoms with Crippen molar-refractivity contribution >= 4 is 5.91 Å². The molecule has 128 valence electrons. The van der Waals surface area contributed by atoms with Crippen molar-refractivity contribution in [1.82, 2.24) is 24.6 Å². The van der Waals surface area contributed by atoms with Gasteiger partial charge in [-0.15, -0.1) is 0 Å². The Balaban J connectivity index is 1.44. The Morgan fingerprint density at radius 2 is 2.33 bits per heavy atom. The SMILES string of the molecule is Cc1ccoc1C(=O)N1CC[C@H]2[C@H](C[C@@H](Cn3cncn3)N2C)C1. The zero-order valence-corrected chi connectivity index (χ0v) is 14.1. The average molecular weight is 329 g/mol. The maximum atomic E-state index is 12.7. The van der Waals surface area contributed by atoms with Gasteiger partial charge in [0.2, 0.25) is 0 Å². The van der Waals surface area contributed by atoms with E-state index in [4.69, 9.17) is 4.42 Å². The lowest BCUT2D eigenvalue weighted by atomic mass is 9.92. The fourth-order valence-electron chi connectivity index (χ4n) is 4.24. The summed E-state index contributed by atoms with van der Waals surface area (Å²) in [6.07, 6.45) is 7.04. The van der Waals surface area contributed by atoms with Crippen molar-refractivity contribution in [3.63, 3.8) is 0 Å². The Hall–Kier alpha value is -2.15. The lowest BCUT2D eigenvalue weighted by Crippen LogP contribution is -2.47. The molecule has 0 aromatic carbocycles. The quantitative estimate of drug-likeness (QED) is 0.852. The number of likely N-dealkylation sites (tertiary alicyclic amines) is 2. The highest BCUT2D eigenvalue weighted by Crippen LogP contribution is 2.35. The van der Waals surface area contributed by atoms with Crippen LogP contribution < -0.4 is 0 Å². The van der Waals surface area contributed by atoms with Crippen molar-refractivity contribution < 1.29 is 9.21 Å². The van der Waals surface area contributed by atoms with Gasteiger partial charge in [0, 0.05) is 30.7 Å². The normalized spacial score (nSPS) is 27.4. The number of carbonyl (C=O) groups is 1. The first-order valence-electron chi connectivity index (χ1n) is 8.51.